The summed E-state index contributed by atoms with van der Waals surface area (Å²) in [5.74, 6) is -0.130. The van der Waals surface area contributed by atoms with Crippen molar-refractivity contribution in [2.24, 2.45) is 0 Å². The Hall–Kier alpha value is -1.56. The van der Waals surface area contributed by atoms with E-state index in [0.717, 1.165) is 14.9 Å². The summed E-state index contributed by atoms with van der Waals surface area (Å²) < 4.78 is 31.5. The first-order chi connectivity index (χ1) is 13.0. The van der Waals surface area contributed by atoms with Crippen LogP contribution < -0.4 is 14.4 Å². The standard InChI is InChI=1S/C16H21ClN4O4S3/c1-9(2)26-16-20-19-15(27-16)18-14(22)10(3)21(28(5,23)24)11-6-7-13(25-4)12(17)8-11/h6-10H,1-5H3,(H,18,19,22). The monoisotopic (exact) mass is 464 g/mol. The summed E-state index contributed by atoms with van der Waals surface area (Å²) >= 11 is 8.88. The highest BCUT2D eigenvalue weighted by atomic mass is 35.5. The summed E-state index contributed by atoms with van der Waals surface area (Å²) in [5, 5.41) is 11.4. The Morgan fingerprint density at radius 1 is 1.32 bits per heavy atom. The van der Waals surface area contributed by atoms with Crippen molar-refractivity contribution in [2.75, 3.05) is 23.0 Å². The SMILES string of the molecule is COc1ccc(N(C(C)C(=O)Nc2nnc(SC(C)C)s2)S(C)(=O)=O)cc1Cl. The lowest BCUT2D eigenvalue weighted by Gasteiger charge is -2.28. The molecule has 154 valence electrons. The van der Waals surface area contributed by atoms with Crippen molar-refractivity contribution in [2.45, 2.75) is 36.4 Å². The highest BCUT2D eigenvalue weighted by Crippen LogP contribution is 2.32. The molecule has 1 atom stereocenters. The van der Waals surface area contributed by atoms with Crippen molar-refractivity contribution in [1.29, 1.82) is 0 Å². The van der Waals surface area contributed by atoms with Crippen molar-refractivity contribution >= 4 is 61.4 Å². The van der Waals surface area contributed by atoms with Crippen LogP contribution in [0.25, 0.3) is 0 Å². The predicted molar refractivity (Wildman–Crippen MR) is 114 cm³/mol. The number of thioether (sulfide) groups is 1. The molecule has 12 heteroatoms. The van der Waals surface area contributed by atoms with Gasteiger partial charge in [-0.3, -0.25) is 14.4 Å². The zero-order chi connectivity index (χ0) is 21.1. The smallest absolute Gasteiger partial charge is 0.249 e. The van der Waals surface area contributed by atoms with E-state index in [2.05, 4.69) is 15.5 Å². The third kappa shape index (κ3) is 5.72. The molecule has 1 heterocycles. The van der Waals surface area contributed by atoms with Crippen molar-refractivity contribution in [3.63, 3.8) is 0 Å². The molecular weight excluding hydrogens is 444 g/mol. The second kappa shape index (κ2) is 9.29. The molecule has 0 spiro atoms. The van der Waals surface area contributed by atoms with E-state index in [1.54, 1.807) is 6.07 Å². The Kier molecular flexibility index (Phi) is 7.54. The van der Waals surface area contributed by atoms with Crippen LogP contribution in [0.5, 0.6) is 5.75 Å². The average molecular weight is 465 g/mol. The summed E-state index contributed by atoms with van der Waals surface area (Å²) in [6.45, 7) is 5.53. The molecule has 0 aliphatic carbocycles. The van der Waals surface area contributed by atoms with Crippen LogP contribution in [-0.2, 0) is 14.8 Å². The van der Waals surface area contributed by atoms with Gasteiger partial charge in [-0.2, -0.15) is 0 Å². The van der Waals surface area contributed by atoms with E-state index in [1.165, 1.54) is 49.3 Å². The van der Waals surface area contributed by atoms with E-state index in [4.69, 9.17) is 16.3 Å². The first-order valence-electron chi connectivity index (χ1n) is 8.17. The van der Waals surface area contributed by atoms with Crippen molar-refractivity contribution in [3.05, 3.63) is 23.2 Å². The molecule has 0 aliphatic rings. The number of rotatable bonds is 8. The van der Waals surface area contributed by atoms with E-state index in [9.17, 15) is 13.2 Å². The second-order valence-corrected chi connectivity index (χ2v) is 11.2. The van der Waals surface area contributed by atoms with Gasteiger partial charge in [0.15, 0.2) is 4.34 Å². The summed E-state index contributed by atoms with van der Waals surface area (Å²) in [5.41, 5.74) is 0.254. The van der Waals surface area contributed by atoms with E-state index in [0.29, 0.717) is 16.1 Å². The van der Waals surface area contributed by atoms with Gasteiger partial charge in [0.25, 0.3) is 0 Å². The average Bonchev–Trinajstić information content (AvgIpc) is 2.99. The van der Waals surface area contributed by atoms with Gasteiger partial charge >= 0.3 is 0 Å². The van der Waals surface area contributed by atoms with Gasteiger partial charge in [-0.15, -0.1) is 10.2 Å². The fourth-order valence-corrected chi connectivity index (χ4v) is 5.72. The van der Waals surface area contributed by atoms with E-state index < -0.39 is 22.0 Å². The number of sulfonamides is 1. The number of methoxy groups -OCH3 is 1. The number of amides is 1. The Balaban J connectivity index is 2.25. The summed E-state index contributed by atoms with van der Waals surface area (Å²) in [6, 6.07) is 3.47. The van der Waals surface area contributed by atoms with Crippen LogP contribution in [0.15, 0.2) is 22.5 Å². The van der Waals surface area contributed by atoms with Crippen LogP contribution in [0.3, 0.4) is 0 Å². The molecule has 1 aromatic carbocycles. The first-order valence-corrected chi connectivity index (χ1v) is 12.1. The number of ether oxygens (including phenoxy) is 1. The van der Waals surface area contributed by atoms with Crippen LogP contribution in [0.1, 0.15) is 20.8 Å². The Morgan fingerprint density at radius 3 is 2.54 bits per heavy atom. The van der Waals surface area contributed by atoms with E-state index in [-0.39, 0.29) is 10.7 Å². The lowest BCUT2D eigenvalue weighted by molar-refractivity contribution is -0.116. The number of carbonyl (C=O) groups excluding carboxylic acids is 1. The number of nitrogens with one attached hydrogen (secondary N) is 1. The quantitative estimate of drug-likeness (QED) is 0.471. The lowest BCUT2D eigenvalue weighted by Crippen LogP contribution is -2.45. The maximum absolute atomic E-state index is 12.7. The summed E-state index contributed by atoms with van der Waals surface area (Å²) in [7, 11) is -2.31. The molecule has 28 heavy (non-hydrogen) atoms. The number of hydrogen-bond donors (Lipinski definition) is 1. The third-order valence-corrected chi connectivity index (χ3v) is 6.92. The maximum Gasteiger partial charge on any atom is 0.249 e. The summed E-state index contributed by atoms with van der Waals surface area (Å²) in [6.07, 6.45) is 1.03. The van der Waals surface area contributed by atoms with Gasteiger partial charge in [0.05, 0.1) is 24.1 Å². The van der Waals surface area contributed by atoms with Gasteiger partial charge in [-0.25, -0.2) is 8.42 Å². The van der Waals surface area contributed by atoms with E-state index in [1.807, 2.05) is 13.8 Å². The Bertz CT molecular complexity index is 949. The minimum absolute atomic E-state index is 0.237. The van der Waals surface area contributed by atoms with Gasteiger partial charge in [0.2, 0.25) is 21.1 Å². The molecular formula is C16H21ClN4O4S3. The highest BCUT2D eigenvalue weighted by molar-refractivity contribution is 8.01. The maximum atomic E-state index is 12.7. The van der Waals surface area contributed by atoms with Crippen LogP contribution >= 0.6 is 34.7 Å². The zero-order valence-electron chi connectivity index (χ0n) is 16.0. The molecule has 1 aromatic heterocycles. The molecule has 1 N–H and O–H groups in total. The molecule has 0 fully saturated rings. The first kappa shape index (κ1) is 22.7. The van der Waals surface area contributed by atoms with Crippen LogP contribution in [0.4, 0.5) is 10.8 Å². The topological polar surface area (TPSA) is 101 Å². The normalized spacial score (nSPS) is 12.7. The molecule has 2 rings (SSSR count). The molecule has 1 amide bonds. The van der Waals surface area contributed by atoms with Gasteiger partial charge in [-0.1, -0.05) is 48.5 Å². The fourth-order valence-electron chi connectivity index (χ4n) is 2.32. The van der Waals surface area contributed by atoms with Crippen molar-refractivity contribution in [3.8, 4) is 5.75 Å². The zero-order valence-corrected chi connectivity index (χ0v) is 19.2. The molecule has 1 unspecified atom stereocenters. The van der Waals surface area contributed by atoms with Gasteiger partial charge in [0.1, 0.15) is 11.8 Å². The molecule has 0 bridgehead atoms. The van der Waals surface area contributed by atoms with Crippen LogP contribution in [0, 0.1) is 0 Å². The number of benzene rings is 1. The van der Waals surface area contributed by atoms with Crippen molar-refractivity contribution in [1.82, 2.24) is 10.2 Å². The predicted octanol–water partition coefficient (Wildman–Crippen LogP) is 3.49. The number of halogens is 1. The minimum Gasteiger partial charge on any atom is -0.495 e. The lowest BCUT2D eigenvalue weighted by atomic mass is 10.2. The highest BCUT2D eigenvalue weighted by Gasteiger charge is 2.30. The van der Waals surface area contributed by atoms with Crippen molar-refractivity contribution < 1.29 is 17.9 Å². The fraction of sp³-hybridized carbons (Fsp3) is 0.438. The third-order valence-electron chi connectivity index (χ3n) is 3.45. The largest absolute Gasteiger partial charge is 0.495 e. The molecule has 0 radical (unpaired) electrons. The molecule has 0 saturated carbocycles. The number of carbonyl (C=O) groups is 1. The van der Waals surface area contributed by atoms with Crippen LogP contribution in [-0.4, -0.2) is 49.2 Å². The molecule has 0 aliphatic heterocycles. The molecule has 0 saturated heterocycles. The van der Waals surface area contributed by atoms with Gasteiger partial charge in [-0.05, 0) is 25.1 Å². The van der Waals surface area contributed by atoms with Gasteiger partial charge < -0.3 is 4.74 Å². The Labute approximate surface area is 177 Å². The number of nitrogens with zero attached hydrogens (tertiary/aromatic N) is 3. The number of aromatic nitrogens is 2. The minimum atomic E-state index is -3.77. The second-order valence-electron chi connectivity index (χ2n) is 6.08. The van der Waals surface area contributed by atoms with E-state index >= 15 is 0 Å². The summed E-state index contributed by atoms with van der Waals surface area (Å²) in [4.78, 5) is 12.7. The van der Waals surface area contributed by atoms with Crippen LogP contribution in [0.2, 0.25) is 5.02 Å². The number of anilines is 2. The Morgan fingerprint density at radius 2 is 2.00 bits per heavy atom. The van der Waals surface area contributed by atoms with Gasteiger partial charge in [0, 0.05) is 5.25 Å². The molecule has 8 nitrogen and oxygen atoms in total. The number of hydrogen-bond acceptors (Lipinski definition) is 8. The molecule has 2 aromatic rings.